The molecular formula is C26H28FN5O6. The first-order valence-electron chi connectivity index (χ1n) is 12.3. The molecule has 1 atom stereocenters. The van der Waals surface area contributed by atoms with Crippen LogP contribution < -0.4 is 19.7 Å². The molecule has 2 amide bonds. The molecule has 11 nitrogen and oxygen atoms in total. The highest BCUT2D eigenvalue weighted by molar-refractivity contribution is 5.97. The zero-order valence-corrected chi connectivity index (χ0v) is 20.9. The van der Waals surface area contributed by atoms with E-state index in [2.05, 4.69) is 15.3 Å². The van der Waals surface area contributed by atoms with Gasteiger partial charge in [-0.2, -0.15) is 0 Å². The average Bonchev–Trinajstić information content (AvgIpc) is 3.29. The molecule has 1 saturated heterocycles. The zero-order chi connectivity index (χ0) is 26.6. The maximum atomic E-state index is 14.8. The van der Waals surface area contributed by atoms with Gasteiger partial charge in [-0.3, -0.25) is 19.6 Å². The van der Waals surface area contributed by atoms with Crippen LogP contribution in [0.15, 0.2) is 36.5 Å². The zero-order valence-electron chi connectivity index (χ0n) is 20.9. The van der Waals surface area contributed by atoms with E-state index in [1.54, 1.807) is 35.2 Å². The minimum absolute atomic E-state index is 0.0478. The second-order valence-electron chi connectivity index (χ2n) is 9.07. The summed E-state index contributed by atoms with van der Waals surface area (Å²) in [6.07, 6.45) is 1.98. The van der Waals surface area contributed by atoms with E-state index in [0.29, 0.717) is 65.5 Å². The van der Waals surface area contributed by atoms with Crippen LogP contribution >= 0.6 is 0 Å². The van der Waals surface area contributed by atoms with Crippen LogP contribution in [0.5, 0.6) is 11.6 Å². The van der Waals surface area contributed by atoms with Gasteiger partial charge in [0.1, 0.15) is 23.7 Å². The molecule has 0 saturated carbocycles. The number of pyridine rings is 2. The summed E-state index contributed by atoms with van der Waals surface area (Å²) in [5.74, 6) is 0.163. The Kier molecular flexibility index (Phi) is 7.52. The fourth-order valence-corrected chi connectivity index (χ4v) is 4.74. The Morgan fingerprint density at radius 2 is 2.11 bits per heavy atom. The molecule has 0 aliphatic carbocycles. The summed E-state index contributed by atoms with van der Waals surface area (Å²) in [5.41, 5.74) is 2.44. The minimum atomic E-state index is -0.481. The van der Waals surface area contributed by atoms with Crippen LogP contribution in [0, 0.1) is 5.82 Å². The molecule has 2 aromatic heterocycles. The number of benzene rings is 1. The van der Waals surface area contributed by atoms with Crippen molar-refractivity contribution in [3.05, 3.63) is 47.9 Å². The maximum Gasteiger partial charge on any atom is 0.414 e. The van der Waals surface area contributed by atoms with Crippen LogP contribution in [0.1, 0.15) is 18.4 Å². The van der Waals surface area contributed by atoms with Crippen molar-refractivity contribution in [1.29, 1.82) is 0 Å². The topological polar surface area (TPSA) is 126 Å². The molecule has 0 radical (unpaired) electrons. The van der Waals surface area contributed by atoms with Gasteiger partial charge in [0.05, 0.1) is 37.2 Å². The fourth-order valence-electron chi connectivity index (χ4n) is 4.74. The average molecular weight is 526 g/mol. The first-order valence-corrected chi connectivity index (χ1v) is 12.3. The highest BCUT2D eigenvalue weighted by atomic mass is 19.1. The van der Waals surface area contributed by atoms with E-state index >= 15 is 0 Å². The summed E-state index contributed by atoms with van der Waals surface area (Å²) in [7, 11) is 1.49. The lowest BCUT2D eigenvalue weighted by Gasteiger charge is -2.26. The monoisotopic (exact) mass is 525 g/mol. The Balaban J connectivity index is 1.27. The van der Waals surface area contributed by atoms with Crippen molar-refractivity contribution >= 4 is 34.4 Å². The number of aromatic nitrogens is 2. The van der Waals surface area contributed by atoms with E-state index in [9.17, 15) is 19.1 Å². The normalized spacial score (nSPS) is 16.8. The highest BCUT2D eigenvalue weighted by Gasteiger charge is 2.34. The highest BCUT2D eigenvalue weighted by Crippen LogP contribution is 2.35. The number of hydrogen-bond donors (Lipinski definition) is 2. The second-order valence-corrected chi connectivity index (χ2v) is 9.07. The lowest BCUT2D eigenvalue weighted by atomic mass is 10.1. The number of aliphatic hydroxyl groups is 1. The minimum Gasteiger partial charge on any atom is -0.482 e. The van der Waals surface area contributed by atoms with E-state index in [4.69, 9.17) is 14.2 Å². The number of halogens is 1. The van der Waals surface area contributed by atoms with Gasteiger partial charge in [0.25, 0.3) is 5.91 Å². The number of rotatable bonds is 10. The van der Waals surface area contributed by atoms with Crippen LogP contribution in [0.3, 0.4) is 0 Å². The van der Waals surface area contributed by atoms with E-state index in [1.807, 2.05) is 4.90 Å². The van der Waals surface area contributed by atoms with Gasteiger partial charge in [0, 0.05) is 30.4 Å². The van der Waals surface area contributed by atoms with Crippen molar-refractivity contribution in [1.82, 2.24) is 14.9 Å². The van der Waals surface area contributed by atoms with Crippen LogP contribution in [0.25, 0.3) is 11.0 Å². The number of ether oxygens (including phenoxy) is 3. The number of carbonyl (C=O) groups is 2. The van der Waals surface area contributed by atoms with Crippen molar-refractivity contribution in [3.8, 4) is 11.6 Å². The SMILES string of the molecule is COc1ccc2ncc(F)c(CN(CCO)CCC[C@H]3COC(=O)N3c3ccc4c(c3)NC(=O)CO4)c2n1. The van der Waals surface area contributed by atoms with Crippen molar-refractivity contribution in [2.24, 2.45) is 0 Å². The third kappa shape index (κ3) is 5.31. The van der Waals surface area contributed by atoms with Gasteiger partial charge < -0.3 is 24.6 Å². The molecule has 5 rings (SSSR count). The first kappa shape index (κ1) is 25.6. The first-order chi connectivity index (χ1) is 18.5. The van der Waals surface area contributed by atoms with Crippen molar-refractivity contribution in [2.45, 2.75) is 25.4 Å². The lowest BCUT2D eigenvalue weighted by molar-refractivity contribution is -0.118. The number of carbonyl (C=O) groups excluding carboxylic acids is 2. The number of nitrogens with zero attached hydrogens (tertiary/aromatic N) is 4. The molecule has 2 aliphatic heterocycles. The maximum absolute atomic E-state index is 14.8. The summed E-state index contributed by atoms with van der Waals surface area (Å²) in [4.78, 5) is 36.3. The number of anilines is 2. The van der Waals surface area contributed by atoms with E-state index in [0.717, 1.165) is 0 Å². The predicted molar refractivity (Wildman–Crippen MR) is 136 cm³/mol. The molecule has 1 aromatic carbocycles. The largest absolute Gasteiger partial charge is 0.482 e. The summed E-state index contributed by atoms with van der Waals surface area (Å²) in [5, 5.41) is 12.4. The van der Waals surface area contributed by atoms with Gasteiger partial charge in [-0.15, -0.1) is 0 Å². The number of aliphatic hydroxyl groups excluding tert-OH is 1. The number of amides is 2. The Labute approximate surface area is 218 Å². The third-order valence-electron chi connectivity index (χ3n) is 6.59. The molecule has 1 fully saturated rings. The fraction of sp³-hybridized carbons (Fsp3) is 0.385. The van der Waals surface area contributed by atoms with E-state index in [-0.39, 0.29) is 38.3 Å². The quantitative estimate of drug-likeness (QED) is 0.411. The van der Waals surface area contributed by atoms with Crippen molar-refractivity contribution in [3.63, 3.8) is 0 Å². The Morgan fingerprint density at radius 1 is 1.24 bits per heavy atom. The molecule has 38 heavy (non-hydrogen) atoms. The summed E-state index contributed by atoms with van der Waals surface area (Å²) in [6, 6.07) is 8.34. The molecular weight excluding hydrogens is 497 g/mol. The molecule has 0 unspecified atom stereocenters. The standard InChI is InChI=1S/C26H28FN5O6/c1-36-24-7-5-20-25(30-24)18(19(27)12-28-20)13-31(9-10-33)8-2-3-17-14-38-26(35)32(17)16-4-6-22-21(11-16)29-23(34)15-37-22/h4-7,11-12,17,33H,2-3,8-10,13-15H2,1H3,(H,29,34)/t17-/m0/s1. The van der Waals surface area contributed by atoms with Crippen molar-refractivity contribution < 1.29 is 33.3 Å². The number of hydrogen-bond acceptors (Lipinski definition) is 9. The smallest absolute Gasteiger partial charge is 0.414 e. The summed E-state index contributed by atoms with van der Waals surface area (Å²) < 4.78 is 30.7. The van der Waals surface area contributed by atoms with Gasteiger partial charge in [0.15, 0.2) is 6.61 Å². The number of fused-ring (bicyclic) bond motifs is 2. The number of cyclic esters (lactones) is 1. The third-order valence-corrected chi connectivity index (χ3v) is 6.59. The molecule has 2 N–H and O–H groups in total. The van der Waals surface area contributed by atoms with Gasteiger partial charge in [0.2, 0.25) is 5.88 Å². The molecule has 2 aliphatic rings. The Morgan fingerprint density at radius 3 is 2.92 bits per heavy atom. The van der Waals surface area contributed by atoms with Crippen molar-refractivity contribution in [2.75, 3.05) is 50.2 Å². The predicted octanol–water partition coefficient (Wildman–Crippen LogP) is 2.71. The molecule has 4 heterocycles. The number of methoxy groups -OCH3 is 1. The van der Waals surface area contributed by atoms with Gasteiger partial charge in [-0.25, -0.2) is 14.2 Å². The Hall–Kier alpha value is -4.03. The van der Waals surface area contributed by atoms with Crippen LogP contribution in [0.2, 0.25) is 0 Å². The molecule has 12 heteroatoms. The van der Waals surface area contributed by atoms with Gasteiger partial charge in [-0.05, 0) is 43.7 Å². The Bertz CT molecular complexity index is 1360. The summed E-state index contributed by atoms with van der Waals surface area (Å²) >= 11 is 0. The molecule has 200 valence electrons. The van der Waals surface area contributed by atoms with Gasteiger partial charge >= 0.3 is 6.09 Å². The van der Waals surface area contributed by atoms with Crippen LogP contribution in [0.4, 0.5) is 20.6 Å². The van der Waals surface area contributed by atoms with E-state index < -0.39 is 11.9 Å². The molecule has 3 aromatic rings. The lowest BCUT2D eigenvalue weighted by Crippen LogP contribution is -2.35. The second kappa shape index (κ2) is 11.2. The van der Waals surface area contributed by atoms with Crippen LogP contribution in [-0.4, -0.2) is 78.0 Å². The molecule has 0 spiro atoms. The van der Waals surface area contributed by atoms with E-state index in [1.165, 1.54) is 13.3 Å². The number of nitrogens with one attached hydrogen (secondary N) is 1. The van der Waals surface area contributed by atoms with Gasteiger partial charge in [-0.1, -0.05) is 0 Å². The molecule has 0 bridgehead atoms. The van der Waals surface area contributed by atoms with Crippen LogP contribution in [-0.2, 0) is 16.1 Å². The summed E-state index contributed by atoms with van der Waals surface area (Å²) in [6.45, 7) is 1.18.